The number of nitrogens with two attached hydrogens (primary N) is 1. The Bertz CT molecular complexity index is 516. The topological polar surface area (TPSA) is 90.4 Å². The summed E-state index contributed by atoms with van der Waals surface area (Å²) in [5, 5.41) is 13.9. The van der Waals surface area contributed by atoms with Crippen LogP contribution in [0.1, 0.15) is 25.7 Å². The van der Waals surface area contributed by atoms with Gasteiger partial charge >= 0.3 is 5.69 Å². The maximum Gasteiger partial charge on any atom is 0.313 e. The minimum atomic E-state index is -0.669. The maximum absolute atomic E-state index is 14.0. The molecule has 3 N–H and O–H groups in total. The molecule has 110 valence electrons. The molecule has 0 aliphatic heterocycles. The molecule has 0 atom stereocenters. The van der Waals surface area contributed by atoms with Gasteiger partial charge in [-0.1, -0.05) is 12.8 Å². The van der Waals surface area contributed by atoms with Crippen LogP contribution in [0.3, 0.4) is 0 Å². The molecule has 1 saturated carbocycles. The van der Waals surface area contributed by atoms with E-state index in [4.69, 9.17) is 10.5 Å². The summed E-state index contributed by atoms with van der Waals surface area (Å²) in [6, 6.07) is 2.20. The second-order valence-electron chi connectivity index (χ2n) is 5.08. The number of hydrogen-bond acceptors (Lipinski definition) is 5. The highest BCUT2D eigenvalue weighted by atomic mass is 19.1. The molecule has 1 aliphatic carbocycles. The van der Waals surface area contributed by atoms with E-state index in [-0.39, 0.29) is 22.7 Å². The Hall–Kier alpha value is -1.89. The third-order valence-corrected chi connectivity index (χ3v) is 3.82. The number of anilines is 1. The summed E-state index contributed by atoms with van der Waals surface area (Å²) >= 11 is 0. The molecule has 1 aromatic carbocycles. The minimum absolute atomic E-state index is 0.0315. The molecule has 20 heavy (non-hydrogen) atoms. The Labute approximate surface area is 116 Å². The number of ether oxygens (including phenoxy) is 1. The van der Waals surface area contributed by atoms with Crippen molar-refractivity contribution in [2.75, 3.05) is 19.0 Å². The van der Waals surface area contributed by atoms with Gasteiger partial charge in [0.15, 0.2) is 11.6 Å². The summed E-state index contributed by atoms with van der Waals surface area (Å²) in [6.07, 6.45) is 3.80. The van der Waals surface area contributed by atoms with Gasteiger partial charge in [-0.25, -0.2) is 4.39 Å². The molecular formula is C13H18FN3O3. The number of nitrogens with zero attached hydrogens (tertiary/aromatic N) is 1. The standard InChI is InChI=1S/C13H18FN3O3/c1-20-12-7-10(9(14)6-11(12)17(18)19)16-13(8-15)4-2-3-5-13/h6-7,16H,2-5,8,15H2,1H3. The van der Waals surface area contributed by atoms with Crippen LogP contribution in [0.15, 0.2) is 12.1 Å². The molecule has 7 heteroatoms. The fraction of sp³-hybridized carbons (Fsp3) is 0.538. The first-order valence-corrected chi connectivity index (χ1v) is 6.51. The predicted molar refractivity (Wildman–Crippen MR) is 73.5 cm³/mol. The highest BCUT2D eigenvalue weighted by Crippen LogP contribution is 2.37. The van der Waals surface area contributed by atoms with E-state index in [0.717, 1.165) is 31.7 Å². The van der Waals surface area contributed by atoms with Gasteiger partial charge in [-0.3, -0.25) is 10.1 Å². The lowest BCUT2D eigenvalue weighted by atomic mass is 9.97. The van der Waals surface area contributed by atoms with E-state index in [0.29, 0.717) is 6.54 Å². The number of nitrogens with one attached hydrogen (secondary N) is 1. The lowest BCUT2D eigenvalue weighted by molar-refractivity contribution is -0.385. The molecule has 0 bridgehead atoms. The number of methoxy groups -OCH3 is 1. The van der Waals surface area contributed by atoms with Crippen molar-refractivity contribution < 1.29 is 14.1 Å². The Morgan fingerprint density at radius 3 is 2.65 bits per heavy atom. The monoisotopic (exact) mass is 283 g/mol. The molecule has 6 nitrogen and oxygen atoms in total. The summed E-state index contributed by atoms with van der Waals surface area (Å²) in [7, 11) is 1.32. The fourth-order valence-corrected chi connectivity index (χ4v) is 2.66. The van der Waals surface area contributed by atoms with Crippen LogP contribution in [-0.4, -0.2) is 24.1 Å². The molecule has 0 aromatic heterocycles. The van der Waals surface area contributed by atoms with Gasteiger partial charge < -0.3 is 15.8 Å². The zero-order valence-corrected chi connectivity index (χ0v) is 11.3. The zero-order chi connectivity index (χ0) is 14.8. The molecule has 1 aliphatic rings. The zero-order valence-electron chi connectivity index (χ0n) is 11.3. The van der Waals surface area contributed by atoms with Crippen LogP contribution in [0.2, 0.25) is 0 Å². The normalized spacial score (nSPS) is 16.9. The van der Waals surface area contributed by atoms with Crippen molar-refractivity contribution in [1.82, 2.24) is 0 Å². The van der Waals surface area contributed by atoms with Crippen molar-refractivity contribution in [3.63, 3.8) is 0 Å². The van der Waals surface area contributed by atoms with Gasteiger partial charge in [0.05, 0.1) is 23.8 Å². The predicted octanol–water partition coefficient (Wildman–Crippen LogP) is 2.43. The molecule has 0 heterocycles. The van der Waals surface area contributed by atoms with Crippen molar-refractivity contribution in [2.45, 2.75) is 31.2 Å². The summed E-state index contributed by atoms with van der Waals surface area (Å²) in [5.74, 6) is -0.638. The number of hydrogen-bond donors (Lipinski definition) is 2. The van der Waals surface area contributed by atoms with Gasteiger partial charge in [0, 0.05) is 18.2 Å². The van der Waals surface area contributed by atoms with Crippen LogP contribution in [0.4, 0.5) is 15.8 Å². The summed E-state index contributed by atoms with van der Waals surface area (Å²) < 4.78 is 19.0. The maximum atomic E-state index is 14.0. The molecule has 0 unspecified atom stereocenters. The number of halogens is 1. The van der Waals surface area contributed by atoms with Crippen LogP contribution in [-0.2, 0) is 0 Å². The molecule has 1 aromatic rings. The molecule has 0 amide bonds. The van der Waals surface area contributed by atoms with Crippen LogP contribution < -0.4 is 15.8 Å². The largest absolute Gasteiger partial charge is 0.490 e. The quantitative estimate of drug-likeness (QED) is 0.639. The van der Waals surface area contributed by atoms with Crippen molar-refractivity contribution >= 4 is 11.4 Å². The lowest BCUT2D eigenvalue weighted by Crippen LogP contribution is -2.43. The fourth-order valence-electron chi connectivity index (χ4n) is 2.66. The van der Waals surface area contributed by atoms with Crippen molar-refractivity contribution in [2.24, 2.45) is 5.73 Å². The van der Waals surface area contributed by atoms with Crippen LogP contribution in [0, 0.1) is 15.9 Å². The molecule has 0 saturated heterocycles. The first-order valence-electron chi connectivity index (χ1n) is 6.51. The van der Waals surface area contributed by atoms with E-state index in [1.165, 1.54) is 13.2 Å². The summed E-state index contributed by atoms with van der Waals surface area (Å²) in [4.78, 5) is 10.2. The van der Waals surface area contributed by atoms with Crippen LogP contribution in [0.5, 0.6) is 5.75 Å². The molecule has 1 fully saturated rings. The lowest BCUT2D eigenvalue weighted by Gasteiger charge is -2.30. The highest BCUT2D eigenvalue weighted by molar-refractivity contribution is 5.60. The van der Waals surface area contributed by atoms with E-state index in [2.05, 4.69) is 5.32 Å². The van der Waals surface area contributed by atoms with Crippen LogP contribution >= 0.6 is 0 Å². The van der Waals surface area contributed by atoms with E-state index in [1.807, 2.05) is 0 Å². The number of rotatable bonds is 5. The van der Waals surface area contributed by atoms with Gasteiger partial charge in [0.1, 0.15) is 0 Å². The van der Waals surface area contributed by atoms with Gasteiger partial charge in [-0.15, -0.1) is 0 Å². The Balaban J connectivity index is 2.35. The molecule has 2 rings (SSSR count). The van der Waals surface area contributed by atoms with E-state index in [9.17, 15) is 14.5 Å². The Morgan fingerprint density at radius 2 is 2.15 bits per heavy atom. The minimum Gasteiger partial charge on any atom is -0.490 e. The second-order valence-corrected chi connectivity index (χ2v) is 5.08. The Morgan fingerprint density at radius 1 is 1.50 bits per heavy atom. The van der Waals surface area contributed by atoms with Gasteiger partial charge in [-0.2, -0.15) is 0 Å². The van der Waals surface area contributed by atoms with Crippen molar-refractivity contribution in [1.29, 1.82) is 0 Å². The SMILES string of the molecule is COc1cc(NC2(CN)CCCC2)c(F)cc1[N+](=O)[O-]. The third-order valence-electron chi connectivity index (χ3n) is 3.82. The smallest absolute Gasteiger partial charge is 0.313 e. The molecule has 0 spiro atoms. The van der Waals surface area contributed by atoms with E-state index < -0.39 is 10.7 Å². The van der Waals surface area contributed by atoms with Gasteiger partial charge in [0.25, 0.3) is 0 Å². The van der Waals surface area contributed by atoms with Gasteiger partial charge in [-0.05, 0) is 12.8 Å². The Kier molecular flexibility index (Phi) is 4.08. The van der Waals surface area contributed by atoms with Crippen molar-refractivity contribution in [3.8, 4) is 5.75 Å². The average Bonchev–Trinajstić information content (AvgIpc) is 2.89. The third kappa shape index (κ3) is 2.67. The first-order chi connectivity index (χ1) is 9.51. The van der Waals surface area contributed by atoms with E-state index in [1.54, 1.807) is 0 Å². The highest BCUT2D eigenvalue weighted by Gasteiger charge is 2.33. The second kappa shape index (κ2) is 5.62. The number of benzene rings is 1. The van der Waals surface area contributed by atoms with Crippen molar-refractivity contribution in [3.05, 3.63) is 28.1 Å². The molecule has 0 radical (unpaired) electrons. The van der Waals surface area contributed by atoms with Gasteiger partial charge in [0.2, 0.25) is 0 Å². The van der Waals surface area contributed by atoms with Crippen LogP contribution in [0.25, 0.3) is 0 Å². The average molecular weight is 283 g/mol. The summed E-state index contributed by atoms with van der Waals surface area (Å²) in [5.41, 5.74) is 5.27. The number of nitro benzene ring substituents is 1. The van der Waals surface area contributed by atoms with E-state index >= 15 is 0 Å². The first kappa shape index (κ1) is 14.5. The number of nitro groups is 1. The summed E-state index contributed by atoms with van der Waals surface area (Å²) in [6.45, 7) is 0.395. The molecular weight excluding hydrogens is 265 g/mol.